The van der Waals surface area contributed by atoms with Gasteiger partial charge in [0.05, 0.1) is 5.52 Å². The highest BCUT2D eigenvalue weighted by atomic mass is 19.3. The van der Waals surface area contributed by atoms with E-state index in [0.29, 0.717) is 12.1 Å². The molecule has 0 atom stereocenters. The summed E-state index contributed by atoms with van der Waals surface area (Å²) in [5.74, 6) is -2.02. The summed E-state index contributed by atoms with van der Waals surface area (Å²) in [5, 5.41) is 1.15. The Morgan fingerprint density at radius 2 is 1.70 bits per heavy atom. The number of anilines is 2. The van der Waals surface area contributed by atoms with Gasteiger partial charge < -0.3 is 9.80 Å². The highest BCUT2D eigenvalue weighted by Gasteiger charge is 2.37. The van der Waals surface area contributed by atoms with Gasteiger partial charge in [-0.2, -0.15) is 0 Å². The predicted octanol–water partition coefficient (Wildman–Crippen LogP) is 6.04. The molecule has 3 aromatic rings. The van der Waals surface area contributed by atoms with Crippen LogP contribution in [0.25, 0.3) is 10.9 Å². The van der Waals surface area contributed by atoms with Crippen molar-refractivity contribution in [2.45, 2.75) is 45.1 Å². The molecule has 0 radical (unpaired) electrons. The number of aryl methyl sites for hydroxylation is 1. The Morgan fingerprint density at radius 1 is 0.900 bits per heavy atom. The molecule has 5 rings (SSSR count). The minimum Gasteiger partial charge on any atom is -0.371 e. The van der Waals surface area contributed by atoms with Crippen LogP contribution in [0.15, 0.2) is 48.5 Å². The fourth-order valence-corrected chi connectivity index (χ4v) is 4.77. The summed E-state index contributed by atoms with van der Waals surface area (Å²) in [6.07, 6.45) is 3.45. The Hall–Kier alpha value is -2.69. The lowest BCUT2D eigenvalue weighted by Crippen LogP contribution is -2.30. The molecule has 0 aliphatic carbocycles. The van der Waals surface area contributed by atoms with Crippen LogP contribution in [0.1, 0.15) is 42.4 Å². The summed E-state index contributed by atoms with van der Waals surface area (Å²) < 4.78 is 29.5. The molecule has 0 N–H and O–H groups in total. The van der Waals surface area contributed by atoms with Crippen molar-refractivity contribution < 1.29 is 8.78 Å². The van der Waals surface area contributed by atoms with Gasteiger partial charge in [0.1, 0.15) is 5.82 Å². The highest BCUT2D eigenvalue weighted by molar-refractivity contribution is 5.94. The van der Waals surface area contributed by atoms with Gasteiger partial charge in [-0.15, -0.1) is 0 Å². The number of fused-ring (bicyclic) bond motifs is 2. The number of piperidine rings is 1. The third-order valence-electron chi connectivity index (χ3n) is 6.42. The van der Waals surface area contributed by atoms with Crippen LogP contribution >= 0.6 is 0 Å². The lowest BCUT2D eigenvalue weighted by atomic mass is 10.0. The van der Waals surface area contributed by atoms with Crippen molar-refractivity contribution in [1.29, 1.82) is 0 Å². The molecule has 3 heterocycles. The van der Waals surface area contributed by atoms with E-state index in [-0.39, 0.29) is 18.5 Å². The van der Waals surface area contributed by atoms with E-state index in [0.717, 1.165) is 29.8 Å². The Labute approximate surface area is 176 Å². The van der Waals surface area contributed by atoms with Gasteiger partial charge in [0.15, 0.2) is 0 Å². The van der Waals surface area contributed by atoms with Crippen molar-refractivity contribution in [2.24, 2.45) is 0 Å². The van der Waals surface area contributed by atoms with Crippen molar-refractivity contribution >= 4 is 22.4 Å². The van der Waals surface area contributed by atoms with E-state index in [2.05, 4.69) is 36.1 Å². The second-order valence-corrected chi connectivity index (χ2v) is 8.60. The minimum absolute atomic E-state index is 0.153. The average molecular weight is 408 g/mol. The van der Waals surface area contributed by atoms with Crippen molar-refractivity contribution in [2.75, 3.05) is 29.4 Å². The number of rotatable bonds is 2. The van der Waals surface area contributed by atoms with Crippen LogP contribution < -0.4 is 9.80 Å². The predicted molar refractivity (Wildman–Crippen MR) is 119 cm³/mol. The lowest BCUT2D eigenvalue weighted by Gasteiger charge is -2.31. The number of hydrogen-bond donors (Lipinski definition) is 0. The zero-order valence-corrected chi connectivity index (χ0v) is 17.4. The minimum atomic E-state index is -2.81. The first kappa shape index (κ1) is 19.3. The van der Waals surface area contributed by atoms with Crippen LogP contribution in [0.4, 0.5) is 20.3 Å². The number of hydrogen-bond acceptors (Lipinski definition) is 3. The normalized spacial score (nSPS) is 18.9. The Kier molecular flexibility index (Phi) is 4.84. The SMILES string of the molecule is Cc1ccc2nc(N3CCC(F)(F)c4ccccc4C3)cc(N3CCCCC3)c2c1. The maximum atomic E-state index is 14.8. The zero-order chi connectivity index (χ0) is 20.7. The number of alkyl halides is 2. The number of aromatic nitrogens is 1. The summed E-state index contributed by atoms with van der Waals surface area (Å²) in [4.78, 5) is 9.37. The molecular weight excluding hydrogens is 380 g/mol. The average Bonchev–Trinajstić information content (AvgIpc) is 2.90. The molecule has 1 fully saturated rings. The van der Waals surface area contributed by atoms with Gasteiger partial charge in [0.25, 0.3) is 5.92 Å². The third kappa shape index (κ3) is 3.51. The Balaban J connectivity index is 1.60. The van der Waals surface area contributed by atoms with Gasteiger partial charge in [-0.05, 0) is 43.9 Å². The lowest BCUT2D eigenvalue weighted by molar-refractivity contribution is -0.00967. The van der Waals surface area contributed by atoms with Crippen LogP contribution in [0.3, 0.4) is 0 Å². The van der Waals surface area contributed by atoms with Crippen LogP contribution in [0.2, 0.25) is 0 Å². The molecule has 0 amide bonds. The zero-order valence-electron chi connectivity index (χ0n) is 17.4. The summed E-state index contributed by atoms with van der Waals surface area (Å²) in [6, 6.07) is 15.4. The standard InChI is InChI=1S/C25H27F2N3/c1-18-9-10-22-20(15-18)23(29-12-5-2-6-13-29)16-24(28-22)30-14-11-25(26,27)21-8-4-3-7-19(21)17-30/h3-4,7-10,15-16H,2,5-6,11-14,17H2,1H3. The molecule has 2 aromatic carbocycles. The number of halogens is 2. The number of nitrogens with zero attached hydrogens (tertiary/aromatic N) is 3. The first-order chi connectivity index (χ1) is 14.5. The summed E-state index contributed by atoms with van der Waals surface area (Å²) in [6.45, 7) is 4.91. The molecule has 30 heavy (non-hydrogen) atoms. The molecule has 1 saturated heterocycles. The number of pyridine rings is 1. The van der Waals surface area contributed by atoms with Crippen molar-refractivity contribution in [3.05, 3.63) is 65.2 Å². The summed E-state index contributed by atoms with van der Waals surface area (Å²) >= 11 is 0. The van der Waals surface area contributed by atoms with Crippen LogP contribution in [-0.2, 0) is 12.5 Å². The maximum absolute atomic E-state index is 14.8. The topological polar surface area (TPSA) is 19.4 Å². The molecule has 0 bridgehead atoms. The largest absolute Gasteiger partial charge is 0.371 e. The van der Waals surface area contributed by atoms with Gasteiger partial charge >= 0.3 is 0 Å². The van der Waals surface area contributed by atoms with Gasteiger partial charge in [-0.1, -0.05) is 35.9 Å². The first-order valence-corrected chi connectivity index (χ1v) is 10.9. The second kappa shape index (κ2) is 7.53. The molecule has 0 saturated carbocycles. The molecule has 1 aromatic heterocycles. The van der Waals surface area contributed by atoms with Gasteiger partial charge in [-0.3, -0.25) is 0 Å². The van der Waals surface area contributed by atoms with E-state index < -0.39 is 5.92 Å². The van der Waals surface area contributed by atoms with Crippen molar-refractivity contribution in [1.82, 2.24) is 4.98 Å². The van der Waals surface area contributed by atoms with Crippen LogP contribution in [0, 0.1) is 6.92 Å². The molecule has 2 aliphatic heterocycles. The molecular formula is C25H27F2N3. The van der Waals surface area contributed by atoms with E-state index in [1.807, 2.05) is 17.0 Å². The van der Waals surface area contributed by atoms with E-state index in [9.17, 15) is 8.78 Å². The van der Waals surface area contributed by atoms with Gasteiger partial charge in [-0.25, -0.2) is 13.8 Å². The second-order valence-electron chi connectivity index (χ2n) is 8.60. The number of benzene rings is 2. The van der Waals surface area contributed by atoms with E-state index in [4.69, 9.17) is 4.98 Å². The van der Waals surface area contributed by atoms with E-state index >= 15 is 0 Å². The quantitative estimate of drug-likeness (QED) is 0.517. The van der Waals surface area contributed by atoms with Gasteiger partial charge in [0, 0.05) is 55.3 Å². The first-order valence-electron chi connectivity index (χ1n) is 10.9. The van der Waals surface area contributed by atoms with E-state index in [1.54, 1.807) is 12.1 Å². The van der Waals surface area contributed by atoms with E-state index in [1.165, 1.54) is 30.5 Å². The molecule has 0 spiro atoms. The summed E-state index contributed by atoms with van der Waals surface area (Å²) in [5.41, 5.74) is 4.16. The third-order valence-corrected chi connectivity index (χ3v) is 6.42. The Morgan fingerprint density at radius 3 is 2.53 bits per heavy atom. The fraction of sp³-hybridized carbons (Fsp3) is 0.400. The Bertz CT molecular complexity index is 1070. The smallest absolute Gasteiger partial charge is 0.275 e. The van der Waals surface area contributed by atoms with Crippen LogP contribution in [0.5, 0.6) is 0 Å². The monoisotopic (exact) mass is 407 g/mol. The molecule has 0 unspecified atom stereocenters. The maximum Gasteiger partial charge on any atom is 0.275 e. The molecule has 5 heteroatoms. The molecule has 3 nitrogen and oxygen atoms in total. The molecule has 2 aliphatic rings. The fourth-order valence-electron chi connectivity index (χ4n) is 4.77. The molecule has 156 valence electrons. The summed E-state index contributed by atoms with van der Waals surface area (Å²) in [7, 11) is 0. The van der Waals surface area contributed by atoms with Crippen molar-refractivity contribution in [3.63, 3.8) is 0 Å². The highest BCUT2D eigenvalue weighted by Crippen LogP contribution is 2.39. The van der Waals surface area contributed by atoms with Crippen LogP contribution in [-0.4, -0.2) is 24.6 Å². The van der Waals surface area contributed by atoms with Gasteiger partial charge in [0.2, 0.25) is 0 Å². The van der Waals surface area contributed by atoms with Crippen molar-refractivity contribution in [3.8, 4) is 0 Å².